The molecule has 0 bridgehead atoms. The van der Waals surface area contributed by atoms with Crippen molar-refractivity contribution in [2.75, 3.05) is 45.9 Å². The lowest BCUT2D eigenvalue weighted by Crippen LogP contribution is -2.50. The number of hydrogen-bond acceptors (Lipinski definition) is 4. The lowest BCUT2D eigenvalue weighted by Gasteiger charge is -2.40. The number of nitrogens with zero attached hydrogens (tertiary/aromatic N) is 2. The van der Waals surface area contributed by atoms with Gasteiger partial charge < -0.3 is 9.47 Å². The molecule has 0 unspecified atom stereocenters. The summed E-state index contributed by atoms with van der Waals surface area (Å²) in [6.45, 7) is 10.7. The van der Waals surface area contributed by atoms with Crippen LogP contribution in [0, 0.1) is 11.3 Å². The highest BCUT2D eigenvalue weighted by Crippen LogP contribution is 2.52. The fraction of sp³-hybridized carbons (Fsp3) is 0.571. The third-order valence-corrected chi connectivity index (χ3v) is 8.12. The molecule has 4 atom stereocenters. The van der Waals surface area contributed by atoms with E-state index in [4.69, 9.17) is 9.47 Å². The molecule has 3 aliphatic rings. The molecule has 0 amide bonds. The quantitative estimate of drug-likeness (QED) is 0.586. The lowest BCUT2D eigenvalue weighted by atomic mass is 9.75. The number of rotatable bonds is 7. The SMILES string of the molecule is C[C@@]12CO[C@H](c3ccccc3)C[C@@H]1C[C@H](N1CCN(CCOCc3ccccc3)CC1)C2. The first kappa shape index (κ1) is 22.1. The lowest BCUT2D eigenvalue weighted by molar-refractivity contribution is -0.0819. The van der Waals surface area contributed by atoms with Gasteiger partial charge >= 0.3 is 0 Å². The van der Waals surface area contributed by atoms with Crippen LogP contribution in [0.1, 0.15) is 43.4 Å². The van der Waals surface area contributed by atoms with E-state index in [0.29, 0.717) is 5.41 Å². The molecular weight excluding hydrogens is 396 g/mol. The second-order valence-electron chi connectivity index (χ2n) is 10.3. The fourth-order valence-electron chi connectivity index (χ4n) is 6.06. The van der Waals surface area contributed by atoms with Gasteiger partial charge in [-0.1, -0.05) is 67.6 Å². The highest BCUT2D eigenvalue weighted by molar-refractivity contribution is 5.19. The summed E-state index contributed by atoms with van der Waals surface area (Å²) in [7, 11) is 0. The third kappa shape index (κ3) is 5.09. The van der Waals surface area contributed by atoms with Crippen LogP contribution in [0.5, 0.6) is 0 Å². The minimum absolute atomic E-state index is 0.278. The fourth-order valence-corrected chi connectivity index (χ4v) is 6.06. The van der Waals surface area contributed by atoms with Crippen LogP contribution in [0.2, 0.25) is 0 Å². The maximum absolute atomic E-state index is 6.38. The zero-order chi connectivity index (χ0) is 21.8. The van der Waals surface area contributed by atoms with Crippen LogP contribution in [0.4, 0.5) is 0 Å². The molecule has 2 heterocycles. The van der Waals surface area contributed by atoms with E-state index in [9.17, 15) is 0 Å². The summed E-state index contributed by atoms with van der Waals surface area (Å²) in [6.07, 6.45) is 4.08. The van der Waals surface area contributed by atoms with E-state index in [-0.39, 0.29) is 6.10 Å². The second kappa shape index (κ2) is 10.0. The van der Waals surface area contributed by atoms with Gasteiger partial charge in [-0.25, -0.2) is 0 Å². The second-order valence-corrected chi connectivity index (χ2v) is 10.3. The van der Waals surface area contributed by atoms with Crippen molar-refractivity contribution in [2.45, 2.75) is 44.9 Å². The van der Waals surface area contributed by atoms with Gasteiger partial charge in [-0.3, -0.25) is 9.80 Å². The van der Waals surface area contributed by atoms with Crippen molar-refractivity contribution < 1.29 is 9.47 Å². The number of hydrogen-bond donors (Lipinski definition) is 0. The van der Waals surface area contributed by atoms with Crippen LogP contribution in [-0.4, -0.2) is 61.8 Å². The van der Waals surface area contributed by atoms with Crippen molar-refractivity contribution in [3.8, 4) is 0 Å². The highest BCUT2D eigenvalue weighted by Gasteiger charge is 2.49. The molecule has 1 saturated carbocycles. The zero-order valence-electron chi connectivity index (χ0n) is 19.5. The maximum Gasteiger partial charge on any atom is 0.0828 e. The average molecular weight is 435 g/mol. The normalized spacial score (nSPS) is 31.5. The number of ether oxygens (including phenoxy) is 2. The Bertz CT molecular complexity index is 837. The topological polar surface area (TPSA) is 24.9 Å². The van der Waals surface area contributed by atoms with Gasteiger partial charge in [-0.15, -0.1) is 0 Å². The van der Waals surface area contributed by atoms with E-state index in [1.54, 1.807) is 0 Å². The van der Waals surface area contributed by atoms with Crippen LogP contribution in [0.25, 0.3) is 0 Å². The van der Waals surface area contributed by atoms with E-state index in [2.05, 4.69) is 77.4 Å². The van der Waals surface area contributed by atoms with Gasteiger partial charge in [0.2, 0.25) is 0 Å². The Morgan fingerprint density at radius 2 is 1.66 bits per heavy atom. The Labute approximate surface area is 193 Å². The average Bonchev–Trinajstić information content (AvgIpc) is 3.20. The van der Waals surface area contributed by atoms with Crippen molar-refractivity contribution in [3.05, 3.63) is 71.8 Å². The third-order valence-electron chi connectivity index (χ3n) is 8.12. The first-order valence-electron chi connectivity index (χ1n) is 12.4. The van der Waals surface area contributed by atoms with Gasteiger partial charge in [-0.05, 0) is 41.7 Å². The molecule has 4 nitrogen and oxygen atoms in total. The summed E-state index contributed by atoms with van der Waals surface area (Å²) in [4.78, 5) is 5.34. The van der Waals surface area contributed by atoms with Crippen molar-refractivity contribution >= 4 is 0 Å². The van der Waals surface area contributed by atoms with Gasteiger partial charge in [0.15, 0.2) is 0 Å². The predicted octanol–water partition coefficient (Wildman–Crippen LogP) is 4.77. The zero-order valence-corrected chi connectivity index (χ0v) is 19.5. The van der Waals surface area contributed by atoms with Crippen LogP contribution >= 0.6 is 0 Å². The van der Waals surface area contributed by atoms with Crippen molar-refractivity contribution in [1.82, 2.24) is 9.80 Å². The van der Waals surface area contributed by atoms with Crippen molar-refractivity contribution in [1.29, 1.82) is 0 Å². The molecule has 0 spiro atoms. The summed E-state index contributed by atoms with van der Waals surface area (Å²) in [5.74, 6) is 0.774. The van der Waals surface area contributed by atoms with Crippen molar-refractivity contribution in [3.63, 3.8) is 0 Å². The van der Waals surface area contributed by atoms with Crippen LogP contribution in [0.15, 0.2) is 60.7 Å². The Balaban J connectivity index is 1.06. The van der Waals surface area contributed by atoms with Gasteiger partial charge in [0.1, 0.15) is 0 Å². The Hall–Kier alpha value is -1.72. The molecule has 172 valence electrons. The van der Waals surface area contributed by atoms with E-state index in [1.165, 1.54) is 43.5 Å². The van der Waals surface area contributed by atoms with E-state index >= 15 is 0 Å². The molecule has 32 heavy (non-hydrogen) atoms. The first-order chi connectivity index (χ1) is 15.7. The number of fused-ring (bicyclic) bond motifs is 1. The summed E-state index contributed by atoms with van der Waals surface area (Å²) in [5, 5.41) is 0. The molecule has 2 saturated heterocycles. The standard InChI is InChI=1S/C28H38N2O2/c1-28-20-26(18-25(28)19-27(32-22-28)24-10-6-3-7-11-24)30-14-12-29(13-15-30)16-17-31-21-23-8-4-2-5-9-23/h2-11,25-27H,12-22H2,1H3/t25-,26-,27-,28+/m0/s1. The molecule has 2 aromatic rings. The summed E-state index contributed by atoms with van der Waals surface area (Å²) >= 11 is 0. The smallest absolute Gasteiger partial charge is 0.0828 e. The molecule has 4 heteroatoms. The highest BCUT2D eigenvalue weighted by atomic mass is 16.5. The van der Waals surface area contributed by atoms with Gasteiger partial charge in [0, 0.05) is 38.8 Å². The van der Waals surface area contributed by atoms with Crippen LogP contribution < -0.4 is 0 Å². The van der Waals surface area contributed by atoms with Crippen LogP contribution in [0.3, 0.4) is 0 Å². The van der Waals surface area contributed by atoms with Gasteiger partial charge in [-0.2, -0.15) is 0 Å². The minimum atomic E-state index is 0.278. The summed E-state index contributed by atoms with van der Waals surface area (Å²) < 4.78 is 12.3. The number of piperazine rings is 1. The molecule has 1 aliphatic carbocycles. The Kier molecular flexibility index (Phi) is 6.94. The summed E-state index contributed by atoms with van der Waals surface area (Å²) in [6, 6.07) is 22.0. The van der Waals surface area contributed by atoms with E-state index < -0.39 is 0 Å². The monoisotopic (exact) mass is 434 g/mol. The summed E-state index contributed by atoms with van der Waals surface area (Å²) in [5.41, 5.74) is 2.95. The number of benzene rings is 2. The molecule has 0 radical (unpaired) electrons. The Morgan fingerprint density at radius 3 is 2.41 bits per heavy atom. The van der Waals surface area contributed by atoms with E-state index in [0.717, 1.165) is 51.4 Å². The molecule has 2 aromatic carbocycles. The Morgan fingerprint density at radius 1 is 0.938 bits per heavy atom. The van der Waals surface area contributed by atoms with E-state index in [1.807, 2.05) is 0 Å². The van der Waals surface area contributed by atoms with Crippen molar-refractivity contribution in [2.24, 2.45) is 11.3 Å². The van der Waals surface area contributed by atoms with Crippen LogP contribution in [-0.2, 0) is 16.1 Å². The minimum Gasteiger partial charge on any atom is -0.375 e. The molecule has 0 aromatic heterocycles. The first-order valence-corrected chi connectivity index (χ1v) is 12.4. The van der Waals surface area contributed by atoms with Gasteiger partial charge in [0.05, 0.1) is 25.9 Å². The predicted molar refractivity (Wildman–Crippen MR) is 128 cm³/mol. The molecule has 5 rings (SSSR count). The van der Waals surface area contributed by atoms with Gasteiger partial charge in [0.25, 0.3) is 0 Å². The maximum atomic E-state index is 6.38. The molecule has 2 aliphatic heterocycles. The molecule has 3 fully saturated rings. The molecule has 0 N–H and O–H groups in total. The molecular formula is C28H38N2O2. The largest absolute Gasteiger partial charge is 0.375 e.